The third-order valence-electron chi connectivity index (χ3n) is 3.91. The number of aryl methyl sites for hydroxylation is 1. The highest BCUT2D eigenvalue weighted by molar-refractivity contribution is 7.13. The second-order valence-corrected chi connectivity index (χ2v) is 6.19. The monoisotopic (exact) mass is 328 g/mol. The molecule has 3 rings (SSSR count). The minimum Gasteiger partial charge on any atom is -0.338 e. The molecular weight excluding hydrogens is 308 g/mol. The molecule has 0 fully saturated rings. The summed E-state index contributed by atoms with van der Waals surface area (Å²) in [4.78, 5) is 20.0. The van der Waals surface area contributed by atoms with E-state index in [9.17, 15) is 4.79 Å². The van der Waals surface area contributed by atoms with Crippen LogP contribution in [0.1, 0.15) is 37.0 Å². The Labute approximate surface area is 139 Å². The van der Waals surface area contributed by atoms with E-state index in [4.69, 9.17) is 0 Å². The van der Waals surface area contributed by atoms with Gasteiger partial charge in [0.15, 0.2) is 5.65 Å². The number of aromatic nitrogens is 3. The molecule has 3 aromatic rings. The molecule has 0 aliphatic carbocycles. The van der Waals surface area contributed by atoms with Crippen molar-refractivity contribution in [1.82, 2.24) is 19.5 Å². The number of nitrogens with zero attached hydrogens (tertiary/aromatic N) is 4. The highest BCUT2D eigenvalue weighted by atomic mass is 32.1. The van der Waals surface area contributed by atoms with Gasteiger partial charge in [-0.1, -0.05) is 13.0 Å². The second-order valence-electron chi connectivity index (χ2n) is 5.24. The lowest BCUT2D eigenvalue weighted by atomic mass is 10.2. The van der Waals surface area contributed by atoms with Crippen molar-refractivity contribution in [3.8, 4) is 10.6 Å². The summed E-state index contributed by atoms with van der Waals surface area (Å²) in [6.45, 7) is 7.39. The van der Waals surface area contributed by atoms with Crippen LogP contribution in [0.5, 0.6) is 0 Å². The zero-order valence-corrected chi connectivity index (χ0v) is 14.4. The minimum absolute atomic E-state index is 0.0222. The van der Waals surface area contributed by atoms with E-state index in [0.29, 0.717) is 18.8 Å². The van der Waals surface area contributed by atoms with Crippen LogP contribution in [0.3, 0.4) is 0 Å². The van der Waals surface area contributed by atoms with E-state index in [1.165, 1.54) is 0 Å². The number of amides is 1. The van der Waals surface area contributed by atoms with Crippen LogP contribution in [0, 0.1) is 0 Å². The van der Waals surface area contributed by atoms with E-state index in [-0.39, 0.29) is 5.91 Å². The molecule has 0 aliphatic heterocycles. The van der Waals surface area contributed by atoms with Crippen LogP contribution in [0.15, 0.2) is 29.6 Å². The average molecular weight is 328 g/mol. The highest BCUT2D eigenvalue weighted by Gasteiger charge is 2.18. The molecule has 5 nitrogen and oxygen atoms in total. The smallest absolute Gasteiger partial charge is 0.272 e. The van der Waals surface area contributed by atoms with Crippen LogP contribution >= 0.6 is 11.3 Å². The van der Waals surface area contributed by atoms with Gasteiger partial charge in [0, 0.05) is 24.8 Å². The van der Waals surface area contributed by atoms with Gasteiger partial charge in [0.1, 0.15) is 11.4 Å². The van der Waals surface area contributed by atoms with Crippen LogP contribution in [0.25, 0.3) is 16.2 Å². The van der Waals surface area contributed by atoms with Crippen molar-refractivity contribution in [2.45, 2.75) is 27.2 Å². The molecule has 0 saturated heterocycles. The van der Waals surface area contributed by atoms with Gasteiger partial charge >= 0.3 is 0 Å². The summed E-state index contributed by atoms with van der Waals surface area (Å²) in [6.07, 6.45) is 0.795. The van der Waals surface area contributed by atoms with Gasteiger partial charge in [-0.15, -0.1) is 11.3 Å². The maximum absolute atomic E-state index is 12.6. The Morgan fingerprint density at radius 2 is 2.04 bits per heavy atom. The average Bonchev–Trinajstić information content (AvgIpc) is 3.23. The summed E-state index contributed by atoms with van der Waals surface area (Å²) < 4.78 is 1.84. The molecule has 0 aliphatic rings. The third kappa shape index (κ3) is 2.86. The van der Waals surface area contributed by atoms with E-state index in [2.05, 4.69) is 17.0 Å². The van der Waals surface area contributed by atoms with Crippen LogP contribution in [-0.4, -0.2) is 38.5 Å². The predicted octanol–water partition coefficient (Wildman–Crippen LogP) is 3.50. The number of fused-ring (bicyclic) bond motifs is 1. The fraction of sp³-hybridized carbons (Fsp3) is 0.353. The Morgan fingerprint density at radius 1 is 1.26 bits per heavy atom. The first kappa shape index (κ1) is 15.7. The summed E-state index contributed by atoms with van der Waals surface area (Å²) in [5.41, 5.74) is 3.11. The van der Waals surface area contributed by atoms with Crippen molar-refractivity contribution in [1.29, 1.82) is 0 Å². The number of hydrogen-bond acceptors (Lipinski definition) is 4. The number of carbonyl (C=O) groups excluding carboxylic acids is 1. The Balaban J connectivity index is 2.10. The van der Waals surface area contributed by atoms with Crippen molar-refractivity contribution in [3.63, 3.8) is 0 Å². The molecule has 1 amide bonds. The lowest BCUT2D eigenvalue weighted by molar-refractivity contribution is 0.0767. The van der Waals surface area contributed by atoms with Crippen molar-refractivity contribution < 1.29 is 4.79 Å². The molecule has 0 unspecified atom stereocenters. The summed E-state index contributed by atoms with van der Waals surface area (Å²) in [6, 6.07) is 7.86. The van der Waals surface area contributed by atoms with Gasteiger partial charge < -0.3 is 4.90 Å². The van der Waals surface area contributed by atoms with Gasteiger partial charge in [0.2, 0.25) is 0 Å². The topological polar surface area (TPSA) is 50.5 Å². The lowest BCUT2D eigenvalue weighted by Gasteiger charge is -2.18. The maximum Gasteiger partial charge on any atom is 0.272 e. The maximum atomic E-state index is 12.6. The van der Waals surface area contributed by atoms with E-state index in [0.717, 1.165) is 28.3 Å². The van der Waals surface area contributed by atoms with Gasteiger partial charge in [-0.25, -0.2) is 9.50 Å². The normalized spacial score (nSPS) is 11.1. The van der Waals surface area contributed by atoms with Crippen molar-refractivity contribution in [2.24, 2.45) is 0 Å². The zero-order valence-electron chi connectivity index (χ0n) is 13.6. The Bertz CT molecular complexity index is 819. The number of carbonyl (C=O) groups is 1. The molecule has 0 bridgehead atoms. The third-order valence-corrected chi connectivity index (χ3v) is 4.80. The molecule has 0 saturated carbocycles. The molecule has 23 heavy (non-hydrogen) atoms. The van der Waals surface area contributed by atoms with E-state index in [1.54, 1.807) is 16.2 Å². The van der Waals surface area contributed by atoms with Gasteiger partial charge in [-0.3, -0.25) is 4.79 Å². The highest BCUT2D eigenvalue weighted by Crippen LogP contribution is 2.25. The van der Waals surface area contributed by atoms with Crippen LogP contribution in [0.2, 0.25) is 0 Å². The number of hydrogen-bond donors (Lipinski definition) is 0. The van der Waals surface area contributed by atoms with Crippen molar-refractivity contribution >= 4 is 22.9 Å². The Kier molecular flexibility index (Phi) is 4.43. The summed E-state index contributed by atoms with van der Waals surface area (Å²) in [7, 11) is 0. The molecule has 3 heterocycles. The van der Waals surface area contributed by atoms with E-state index in [1.807, 2.05) is 48.0 Å². The van der Waals surface area contributed by atoms with Gasteiger partial charge in [-0.05, 0) is 37.8 Å². The van der Waals surface area contributed by atoms with Gasteiger partial charge in [0.25, 0.3) is 5.91 Å². The van der Waals surface area contributed by atoms with Crippen molar-refractivity contribution in [2.75, 3.05) is 13.1 Å². The quantitative estimate of drug-likeness (QED) is 0.720. The Hall–Kier alpha value is -2.21. The fourth-order valence-corrected chi connectivity index (χ4v) is 3.30. The van der Waals surface area contributed by atoms with Crippen LogP contribution in [-0.2, 0) is 6.42 Å². The van der Waals surface area contributed by atoms with E-state index >= 15 is 0 Å². The first-order chi connectivity index (χ1) is 11.2. The van der Waals surface area contributed by atoms with E-state index < -0.39 is 0 Å². The summed E-state index contributed by atoms with van der Waals surface area (Å²) in [5.74, 6) is -0.0222. The van der Waals surface area contributed by atoms with Crippen LogP contribution < -0.4 is 0 Å². The molecule has 3 aromatic heterocycles. The largest absolute Gasteiger partial charge is 0.338 e. The minimum atomic E-state index is -0.0222. The Morgan fingerprint density at radius 3 is 2.65 bits per heavy atom. The lowest BCUT2D eigenvalue weighted by Crippen LogP contribution is -2.31. The summed E-state index contributed by atoms with van der Waals surface area (Å²) in [5, 5.41) is 6.68. The van der Waals surface area contributed by atoms with Crippen molar-refractivity contribution in [3.05, 3.63) is 41.0 Å². The molecule has 0 spiro atoms. The molecule has 120 valence electrons. The molecule has 0 N–H and O–H groups in total. The number of rotatable bonds is 5. The van der Waals surface area contributed by atoms with Gasteiger partial charge in [0.05, 0.1) is 4.88 Å². The first-order valence-corrected chi connectivity index (χ1v) is 8.78. The molecule has 6 heteroatoms. The standard InChI is InChI=1S/C17H20N4OS/c1-4-12-10-14(17(22)20(5-2)6-3)18-16-11-13(19-21(12)16)15-8-7-9-23-15/h7-11H,4-6H2,1-3H3. The van der Waals surface area contributed by atoms with Crippen LogP contribution in [0.4, 0.5) is 0 Å². The zero-order chi connectivity index (χ0) is 16.4. The molecular formula is C17H20N4OS. The molecule has 0 aromatic carbocycles. The summed E-state index contributed by atoms with van der Waals surface area (Å²) >= 11 is 1.65. The van der Waals surface area contributed by atoms with Gasteiger partial charge in [-0.2, -0.15) is 5.10 Å². The SMILES string of the molecule is CCc1cc(C(=O)N(CC)CC)nc2cc(-c3cccs3)nn12. The number of thiophene rings is 1. The predicted molar refractivity (Wildman–Crippen MR) is 92.9 cm³/mol. The second kappa shape index (κ2) is 6.50. The molecule has 0 radical (unpaired) electrons. The molecule has 0 atom stereocenters. The fourth-order valence-electron chi connectivity index (χ4n) is 2.62. The first-order valence-electron chi connectivity index (χ1n) is 7.90.